The van der Waals surface area contributed by atoms with E-state index in [1.54, 1.807) is 0 Å². The lowest BCUT2D eigenvalue weighted by atomic mass is 10.2. The van der Waals surface area contributed by atoms with Gasteiger partial charge in [-0.25, -0.2) is 0 Å². The van der Waals surface area contributed by atoms with E-state index >= 15 is 0 Å². The van der Waals surface area contributed by atoms with Gasteiger partial charge in [0.25, 0.3) is 0 Å². The molecule has 1 saturated heterocycles. The Morgan fingerprint density at radius 2 is 2.50 bits per heavy atom. The van der Waals surface area contributed by atoms with Gasteiger partial charge < -0.3 is 9.86 Å². The monoisotopic (exact) mass is 143 g/mol. The van der Waals surface area contributed by atoms with Gasteiger partial charge in [0, 0.05) is 6.54 Å². The highest BCUT2D eigenvalue weighted by molar-refractivity contribution is 6.06. The first-order chi connectivity index (χ1) is 4.75. The molecule has 5 heteroatoms. The fraction of sp³-hybridized carbons (Fsp3) is 0.800. The van der Waals surface area contributed by atoms with Gasteiger partial charge in [-0.3, -0.25) is 4.79 Å². The fourth-order valence-electron chi connectivity index (χ4n) is 1.13. The van der Waals surface area contributed by atoms with Crippen molar-refractivity contribution in [3.63, 3.8) is 0 Å². The van der Waals surface area contributed by atoms with Crippen molar-refractivity contribution in [2.75, 3.05) is 6.54 Å². The van der Waals surface area contributed by atoms with E-state index in [1.165, 1.54) is 8.05 Å². The lowest BCUT2D eigenvalue weighted by Crippen LogP contribution is -2.34. The van der Waals surface area contributed by atoms with Crippen molar-refractivity contribution < 1.29 is 14.7 Å². The SMILES string of the molecule is BOC(=O)C1CCCN1O. The van der Waals surface area contributed by atoms with Crippen molar-refractivity contribution in [2.24, 2.45) is 0 Å². The molecular formula is C5H10BNO3. The molecule has 1 heterocycles. The number of hydrogen-bond donors (Lipinski definition) is 1. The van der Waals surface area contributed by atoms with Crippen LogP contribution in [0.3, 0.4) is 0 Å². The van der Waals surface area contributed by atoms with Crippen molar-refractivity contribution in [3.8, 4) is 0 Å². The predicted octanol–water partition coefficient (Wildman–Crippen LogP) is -1.07. The summed E-state index contributed by atoms with van der Waals surface area (Å²) in [6.07, 6.45) is 1.56. The van der Waals surface area contributed by atoms with E-state index in [2.05, 4.69) is 4.65 Å². The topological polar surface area (TPSA) is 49.8 Å². The van der Waals surface area contributed by atoms with Gasteiger partial charge in [-0.05, 0) is 12.8 Å². The minimum absolute atomic E-state index is 0.347. The zero-order valence-electron chi connectivity index (χ0n) is 5.91. The van der Waals surface area contributed by atoms with Gasteiger partial charge in [0.05, 0.1) is 0 Å². The molecule has 1 fully saturated rings. The number of hydroxylamine groups is 2. The van der Waals surface area contributed by atoms with Crippen molar-refractivity contribution in [1.82, 2.24) is 5.06 Å². The smallest absolute Gasteiger partial charge is 0.326 e. The summed E-state index contributed by atoms with van der Waals surface area (Å²) in [6, 6.07) is -0.426. The Balaban J connectivity index is 2.46. The molecule has 0 aliphatic carbocycles. The number of hydrogen-bond acceptors (Lipinski definition) is 4. The lowest BCUT2D eigenvalue weighted by Gasteiger charge is -2.14. The van der Waals surface area contributed by atoms with Crippen LogP contribution in [0.4, 0.5) is 0 Å². The van der Waals surface area contributed by atoms with Crippen LogP contribution < -0.4 is 0 Å². The molecule has 10 heavy (non-hydrogen) atoms. The average molecular weight is 143 g/mol. The zero-order chi connectivity index (χ0) is 7.56. The van der Waals surface area contributed by atoms with E-state index in [0.29, 0.717) is 13.0 Å². The van der Waals surface area contributed by atoms with Gasteiger partial charge >= 0.3 is 14.0 Å². The third kappa shape index (κ3) is 1.30. The summed E-state index contributed by atoms with van der Waals surface area (Å²) in [5.74, 6) is -0.347. The first-order valence-electron chi connectivity index (χ1n) is 3.29. The summed E-state index contributed by atoms with van der Waals surface area (Å²) in [5, 5.41) is 10.1. The van der Waals surface area contributed by atoms with E-state index in [4.69, 9.17) is 5.21 Å². The standard InChI is InChI=1S/C5H10BNO3/c6-10-5(8)4-2-1-3-7(4)9/h4,9H,1-3,6H2. The molecule has 0 aromatic rings. The highest BCUT2D eigenvalue weighted by Gasteiger charge is 2.29. The normalized spacial score (nSPS) is 26.7. The van der Waals surface area contributed by atoms with Gasteiger partial charge in [0.1, 0.15) is 6.04 Å². The first kappa shape index (κ1) is 7.56. The molecule has 0 spiro atoms. The summed E-state index contributed by atoms with van der Waals surface area (Å²) >= 11 is 0. The number of nitrogens with zero attached hydrogens (tertiary/aromatic N) is 1. The molecule has 0 aromatic heterocycles. The Morgan fingerprint density at radius 1 is 1.80 bits per heavy atom. The molecule has 0 saturated carbocycles. The van der Waals surface area contributed by atoms with Crippen LogP contribution in [0.1, 0.15) is 12.8 Å². The highest BCUT2D eigenvalue weighted by atomic mass is 16.5. The van der Waals surface area contributed by atoms with Gasteiger partial charge in [-0.15, -0.1) is 0 Å². The van der Waals surface area contributed by atoms with Crippen LogP contribution in [0.2, 0.25) is 0 Å². The molecular weight excluding hydrogens is 133 g/mol. The molecule has 0 radical (unpaired) electrons. The molecule has 1 rings (SSSR count). The third-order valence-corrected chi connectivity index (χ3v) is 1.70. The quantitative estimate of drug-likeness (QED) is 0.475. The second kappa shape index (κ2) is 3.03. The summed E-state index contributed by atoms with van der Waals surface area (Å²) < 4.78 is 4.46. The summed E-state index contributed by atoms with van der Waals surface area (Å²) in [6.45, 7) is 0.569. The molecule has 0 aromatic carbocycles. The fourth-order valence-corrected chi connectivity index (χ4v) is 1.13. The molecule has 1 aliphatic rings. The second-order valence-corrected chi connectivity index (χ2v) is 2.34. The van der Waals surface area contributed by atoms with E-state index in [0.717, 1.165) is 11.5 Å². The Bertz CT molecular complexity index is 141. The van der Waals surface area contributed by atoms with E-state index in [9.17, 15) is 4.79 Å². The predicted molar refractivity (Wildman–Crippen MR) is 36.2 cm³/mol. The molecule has 1 atom stereocenters. The maximum atomic E-state index is 10.8. The van der Waals surface area contributed by atoms with Crippen LogP contribution in [0.5, 0.6) is 0 Å². The summed E-state index contributed by atoms with van der Waals surface area (Å²) in [7, 11) is 1.33. The van der Waals surface area contributed by atoms with Crippen molar-refractivity contribution in [1.29, 1.82) is 0 Å². The van der Waals surface area contributed by atoms with E-state index in [-0.39, 0.29) is 5.97 Å². The number of rotatable bonds is 1. The Hall–Kier alpha value is -0.545. The Kier molecular flexibility index (Phi) is 2.29. The van der Waals surface area contributed by atoms with Gasteiger partial charge in [-0.1, -0.05) is 0 Å². The average Bonchev–Trinajstić information content (AvgIpc) is 2.34. The molecule has 0 bridgehead atoms. The van der Waals surface area contributed by atoms with Crippen LogP contribution in [0, 0.1) is 0 Å². The van der Waals surface area contributed by atoms with Crippen LogP contribution in [-0.2, 0) is 9.45 Å². The Morgan fingerprint density at radius 3 is 2.90 bits per heavy atom. The summed E-state index contributed by atoms with van der Waals surface area (Å²) in [4.78, 5) is 10.8. The van der Waals surface area contributed by atoms with Crippen molar-refractivity contribution >= 4 is 14.0 Å². The molecule has 0 amide bonds. The molecule has 1 aliphatic heterocycles. The highest BCUT2D eigenvalue weighted by Crippen LogP contribution is 2.14. The minimum Gasteiger partial charge on any atom is -0.542 e. The lowest BCUT2D eigenvalue weighted by molar-refractivity contribution is -0.158. The largest absolute Gasteiger partial charge is 0.542 e. The molecule has 1 N–H and O–H groups in total. The third-order valence-electron chi connectivity index (χ3n) is 1.70. The second-order valence-electron chi connectivity index (χ2n) is 2.34. The van der Waals surface area contributed by atoms with Gasteiger partial charge in [0.15, 0.2) is 0 Å². The van der Waals surface area contributed by atoms with Crippen LogP contribution in [0.15, 0.2) is 0 Å². The van der Waals surface area contributed by atoms with Gasteiger partial charge in [0.2, 0.25) is 0 Å². The van der Waals surface area contributed by atoms with Gasteiger partial charge in [-0.2, -0.15) is 5.06 Å². The van der Waals surface area contributed by atoms with Crippen LogP contribution >= 0.6 is 0 Å². The molecule has 4 nitrogen and oxygen atoms in total. The Labute approximate surface area is 60.2 Å². The molecule has 56 valence electrons. The first-order valence-corrected chi connectivity index (χ1v) is 3.29. The summed E-state index contributed by atoms with van der Waals surface area (Å²) in [5.41, 5.74) is 0. The van der Waals surface area contributed by atoms with E-state index in [1.807, 2.05) is 0 Å². The van der Waals surface area contributed by atoms with E-state index < -0.39 is 6.04 Å². The minimum atomic E-state index is -0.426. The van der Waals surface area contributed by atoms with Crippen molar-refractivity contribution in [2.45, 2.75) is 18.9 Å². The van der Waals surface area contributed by atoms with Crippen LogP contribution in [-0.4, -0.2) is 36.9 Å². The molecule has 1 unspecified atom stereocenters. The number of carbonyl (C=O) groups excluding carboxylic acids is 1. The van der Waals surface area contributed by atoms with Crippen LogP contribution in [0.25, 0.3) is 0 Å². The maximum absolute atomic E-state index is 10.8. The number of carbonyl (C=O) groups is 1. The zero-order valence-corrected chi connectivity index (χ0v) is 5.91. The van der Waals surface area contributed by atoms with Crippen molar-refractivity contribution in [3.05, 3.63) is 0 Å². The maximum Gasteiger partial charge on any atom is 0.326 e.